The first-order chi connectivity index (χ1) is 11.3. The Morgan fingerprint density at radius 2 is 1.79 bits per heavy atom. The number of aryl methyl sites for hydroxylation is 3. The van der Waals surface area contributed by atoms with Crippen molar-refractivity contribution in [3.8, 4) is 5.69 Å². The lowest BCUT2D eigenvalue weighted by atomic mass is 10.1. The molecule has 6 nitrogen and oxygen atoms in total. The number of hydrogen-bond donors (Lipinski definition) is 2. The van der Waals surface area contributed by atoms with Crippen molar-refractivity contribution in [2.24, 2.45) is 0 Å². The van der Waals surface area contributed by atoms with Crippen molar-refractivity contribution < 1.29 is 14.7 Å². The SMILES string of the molecule is Cc1cc(C)cc(-n2nc(C(=O)NC(C)CCC(=O)O)cc2C)c1. The Hall–Kier alpha value is -2.63. The minimum Gasteiger partial charge on any atom is -0.481 e. The number of aromatic nitrogens is 2. The molecule has 0 aliphatic rings. The van der Waals surface area contributed by atoms with Gasteiger partial charge in [0.25, 0.3) is 5.91 Å². The van der Waals surface area contributed by atoms with Gasteiger partial charge in [0.2, 0.25) is 0 Å². The molecule has 2 N–H and O–H groups in total. The van der Waals surface area contributed by atoms with E-state index in [0.717, 1.165) is 22.5 Å². The second-order valence-corrected chi connectivity index (χ2v) is 6.24. The van der Waals surface area contributed by atoms with E-state index in [1.54, 1.807) is 17.7 Å². The summed E-state index contributed by atoms with van der Waals surface area (Å²) in [6.45, 7) is 7.73. The van der Waals surface area contributed by atoms with Crippen LogP contribution in [-0.2, 0) is 4.79 Å². The number of carboxylic acid groups (broad SMARTS) is 1. The van der Waals surface area contributed by atoms with Crippen LogP contribution in [0.2, 0.25) is 0 Å². The van der Waals surface area contributed by atoms with Gasteiger partial charge in [-0.3, -0.25) is 9.59 Å². The first-order valence-corrected chi connectivity index (χ1v) is 7.94. The van der Waals surface area contributed by atoms with Gasteiger partial charge in [-0.2, -0.15) is 5.10 Å². The van der Waals surface area contributed by atoms with Gasteiger partial charge in [0.05, 0.1) is 5.69 Å². The molecular formula is C18H23N3O3. The summed E-state index contributed by atoms with van der Waals surface area (Å²) in [5, 5.41) is 15.9. The van der Waals surface area contributed by atoms with E-state index >= 15 is 0 Å². The molecule has 0 radical (unpaired) electrons. The summed E-state index contributed by atoms with van der Waals surface area (Å²) in [4.78, 5) is 22.9. The molecule has 1 unspecified atom stereocenters. The topological polar surface area (TPSA) is 84.2 Å². The maximum Gasteiger partial charge on any atom is 0.303 e. The molecule has 0 aliphatic carbocycles. The molecule has 1 aromatic heterocycles. The largest absolute Gasteiger partial charge is 0.481 e. The molecule has 0 fully saturated rings. The van der Waals surface area contributed by atoms with Gasteiger partial charge < -0.3 is 10.4 Å². The predicted octanol–water partition coefficient (Wildman–Crippen LogP) is 2.78. The molecule has 0 aliphatic heterocycles. The highest BCUT2D eigenvalue weighted by atomic mass is 16.4. The standard InChI is InChI=1S/C18H23N3O3/c1-11-7-12(2)9-15(8-11)21-14(4)10-16(20-21)18(24)19-13(3)5-6-17(22)23/h7-10,13H,5-6H2,1-4H3,(H,19,24)(H,22,23). The van der Waals surface area contributed by atoms with Crippen LogP contribution in [-0.4, -0.2) is 32.8 Å². The highest BCUT2D eigenvalue weighted by molar-refractivity contribution is 5.92. The minimum atomic E-state index is -0.869. The molecule has 1 atom stereocenters. The number of rotatable bonds is 6. The summed E-state index contributed by atoms with van der Waals surface area (Å²) in [6.07, 6.45) is 0.412. The number of carbonyl (C=O) groups is 2. The van der Waals surface area contributed by atoms with Crippen LogP contribution in [0.5, 0.6) is 0 Å². The number of carboxylic acids is 1. The second kappa shape index (κ2) is 7.29. The van der Waals surface area contributed by atoms with Crippen LogP contribution in [0.3, 0.4) is 0 Å². The molecule has 128 valence electrons. The van der Waals surface area contributed by atoms with Gasteiger partial charge >= 0.3 is 5.97 Å². The van der Waals surface area contributed by atoms with Crippen molar-refractivity contribution >= 4 is 11.9 Å². The van der Waals surface area contributed by atoms with Gasteiger partial charge in [-0.1, -0.05) is 6.07 Å². The maximum absolute atomic E-state index is 12.3. The molecule has 1 amide bonds. The summed E-state index contributed by atoms with van der Waals surface area (Å²) in [6, 6.07) is 7.63. The fraction of sp³-hybridized carbons (Fsp3) is 0.389. The Balaban J connectivity index is 2.15. The van der Waals surface area contributed by atoms with E-state index < -0.39 is 5.97 Å². The van der Waals surface area contributed by atoms with Crippen molar-refractivity contribution in [1.82, 2.24) is 15.1 Å². The fourth-order valence-electron chi connectivity index (χ4n) is 2.63. The lowest BCUT2D eigenvalue weighted by Gasteiger charge is -2.11. The lowest BCUT2D eigenvalue weighted by molar-refractivity contribution is -0.137. The molecular weight excluding hydrogens is 306 g/mol. The van der Waals surface area contributed by atoms with Crippen LogP contribution in [0, 0.1) is 20.8 Å². The predicted molar refractivity (Wildman–Crippen MR) is 91.6 cm³/mol. The van der Waals surface area contributed by atoms with Crippen LogP contribution < -0.4 is 5.32 Å². The van der Waals surface area contributed by atoms with Crippen molar-refractivity contribution in [3.63, 3.8) is 0 Å². The molecule has 2 rings (SSSR count). The van der Waals surface area contributed by atoms with E-state index in [1.807, 2.05) is 32.9 Å². The molecule has 1 heterocycles. The van der Waals surface area contributed by atoms with Gasteiger partial charge in [-0.05, 0) is 63.4 Å². The van der Waals surface area contributed by atoms with Gasteiger partial charge in [-0.15, -0.1) is 0 Å². The highest BCUT2D eigenvalue weighted by Crippen LogP contribution is 2.16. The van der Waals surface area contributed by atoms with Gasteiger partial charge in [-0.25, -0.2) is 4.68 Å². The van der Waals surface area contributed by atoms with E-state index in [9.17, 15) is 9.59 Å². The number of benzene rings is 1. The van der Waals surface area contributed by atoms with Crippen molar-refractivity contribution in [3.05, 3.63) is 46.8 Å². The highest BCUT2D eigenvalue weighted by Gasteiger charge is 2.16. The molecule has 1 aromatic carbocycles. The zero-order chi connectivity index (χ0) is 17.9. The monoisotopic (exact) mass is 329 g/mol. The van der Waals surface area contributed by atoms with E-state index in [4.69, 9.17) is 5.11 Å². The van der Waals surface area contributed by atoms with Gasteiger partial charge in [0.1, 0.15) is 0 Å². The zero-order valence-electron chi connectivity index (χ0n) is 14.5. The third-order valence-corrected chi connectivity index (χ3v) is 3.74. The number of hydrogen-bond acceptors (Lipinski definition) is 3. The lowest BCUT2D eigenvalue weighted by Crippen LogP contribution is -2.33. The Labute approximate surface area is 141 Å². The van der Waals surface area contributed by atoms with E-state index in [0.29, 0.717) is 12.1 Å². The average Bonchev–Trinajstić information content (AvgIpc) is 2.86. The van der Waals surface area contributed by atoms with Crippen molar-refractivity contribution in [1.29, 1.82) is 0 Å². The number of nitrogens with zero attached hydrogens (tertiary/aromatic N) is 2. The molecule has 0 spiro atoms. The number of amides is 1. The average molecular weight is 329 g/mol. The molecule has 0 bridgehead atoms. The first-order valence-electron chi connectivity index (χ1n) is 7.94. The van der Waals surface area contributed by atoms with Crippen molar-refractivity contribution in [2.45, 2.75) is 46.6 Å². The Morgan fingerprint density at radius 3 is 2.38 bits per heavy atom. The molecule has 6 heteroatoms. The summed E-state index contributed by atoms with van der Waals surface area (Å²) >= 11 is 0. The number of nitrogens with one attached hydrogen (secondary N) is 1. The minimum absolute atomic E-state index is 0.0253. The second-order valence-electron chi connectivity index (χ2n) is 6.24. The van der Waals surface area contributed by atoms with Crippen molar-refractivity contribution in [2.75, 3.05) is 0 Å². The first kappa shape index (κ1) is 17.7. The fourth-order valence-corrected chi connectivity index (χ4v) is 2.63. The van der Waals surface area contributed by atoms with Crippen LogP contribution in [0.1, 0.15) is 47.1 Å². The maximum atomic E-state index is 12.3. The number of aliphatic carboxylic acids is 1. The van der Waals surface area contributed by atoms with Crippen LogP contribution in [0.15, 0.2) is 24.3 Å². The molecule has 24 heavy (non-hydrogen) atoms. The van der Waals surface area contributed by atoms with Crippen LogP contribution in [0.25, 0.3) is 5.69 Å². The van der Waals surface area contributed by atoms with E-state index in [-0.39, 0.29) is 18.4 Å². The van der Waals surface area contributed by atoms with Crippen LogP contribution in [0.4, 0.5) is 0 Å². The van der Waals surface area contributed by atoms with Gasteiger partial charge in [0, 0.05) is 18.2 Å². The molecule has 2 aromatic rings. The quantitative estimate of drug-likeness (QED) is 0.853. The Morgan fingerprint density at radius 1 is 1.17 bits per heavy atom. The summed E-state index contributed by atoms with van der Waals surface area (Å²) in [5.41, 5.74) is 4.38. The normalized spacial score (nSPS) is 12.0. The zero-order valence-corrected chi connectivity index (χ0v) is 14.5. The molecule has 0 saturated heterocycles. The Kier molecular flexibility index (Phi) is 5.39. The summed E-state index contributed by atoms with van der Waals surface area (Å²) in [5.74, 6) is -1.16. The number of carbonyl (C=O) groups excluding carboxylic acids is 1. The third-order valence-electron chi connectivity index (χ3n) is 3.74. The Bertz CT molecular complexity index is 745. The summed E-state index contributed by atoms with van der Waals surface area (Å²) < 4.78 is 1.75. The van der Waals surface area contributed by atoms with Crippen LogP contribution >= 0.6 is 0 Å². The van der Waals surface area contributed by atoms with Gasteiger partial charge in [0.15, 0.2) is 5.69 Å². The van der Waals surface area contributed by atoms with E-state index in [2.05, 4.69) is 16.5 Å². The third kappa shape index (κ3) is 4.44. The smallest absolute Gasteiger partial charge is 0.303 e. The molecule has 0 saturated carbocycles. The summed E-state index contributed by atoms with van der Waals surface area (Å²) in [7, 11) is 0. The van der Waals surface area contributed by atoms with E-state index in [1.165, 1.54) is 0 Å².